The first-order valence-electron chi connectivity index (χ1n) is 12.3. The lowest BCUT2D eigenvalue weighted by Crippen LogP contribution is -2.32. The van der Waals surface area contributed by atoms with Gasteiger partial charge >= 0.3 is 11.9 Å². The summed E-state index contributed by atoms with van der Waals surface area (Å²) in [6.07, 6.45) is 0.637. The van der Waals surface area contributed by atoms with E-state index in [0.29, 0.717) is 23.4 Å². The average Bonchev–Trinajstić information content (AvgIpc) is 2.90. The van der Waals surface area contributed by atoms with E-state index >= 15 is 0 Å². The van der Waals surface area contributed by atoms with Gasteiger partial charge in [-0.2, -0.15) is 0 Å². The van der Waals surface area contributed by atoms with Crippen molar-refractivity contribution in [1.29, 1.82) is 0 Å². The Morgan fingerprint density at radius 3 is 2.37 bits per heavy atom. The molecule has 0 radical (unpaired) electrons. The number of nitrogens with one attached hydrogen (secondary N) is 1. The van der Waals surface area contributed by atoms with Gasteiger partial charge in [-0.1, -0.05) is 30.3 Å². The average molecular weight is 540 g/mol. The Labute approximate surface area is 227 Å². The van der Waals surface area contributed by atoms with Crippen molar-refractivity contribution in [1.82, 2.24) is 10.2 Å². The summed E-state index contributed by atoms with van der Waals surface area (Å²) < 4.78 is 10.6. The summed E-state index contributed by atoms with van der Waals surface area (Å²) in [6, 6.07) is 16.1. The van der Waals surface area contributed by atoms with E-state index in [1.807, 2.05) is 25.2 Å². The molecular formula is C28H33N3O6S. The predicted molar refractivity (Wildman–Crippen MR) is 147 cm³/mol. The molecule has 3 rings (SSSR count). The number of nitrogens with zero attached hydrogens (tertiary/aromatic N) is 2. The van der Waals surface area contributed by atoms with Gasteiger partial charge in [0, 0.05) is 47.3 Å². The standard InChI is InChI=1S/C28H33N3O6S/c1-19-24(27(32)36-4)26(21-10-8-11-22(18-21)31(34)35)25(20(2)29-19)28(33)37-16-9-14-30(3)15-17-38-23-12-6-5-7-13-23/h5-8,10-13,18,26,29H,9,14-17H2,1-4H3. The number of dihydropyridines is 1. The molecule has 0 aliphatic carbocycles. The molecule has 1 atom stereocenters. The molecule has 10 heteroatoms. The van der Waals surface area contributed by atoms with Gasteiger partial charge in [-0.3, -0.25) is 10.1 Å². The number of allylic oxidation sites excluding steroid dienone is 2. The summed E-state index contributed by atoms with van der Waals surface area (Å²) in [5.74, 6) is -1.12. The van der Waals surface area contributed by atoms with Crippen LogP contribution in [0.1, 0.15) is 31.7 Å². The molecule has 1 aliphatic heterocycles. The van der Waals surface area contributed by atoms with Crippen molar-refractivity contribution in [2.24, 2.45) is 0 Å². The van der Waals surface area contributed by atoms with Crippen LogP contribution in [0.4, 0.5) is 5.69 Å². The van der Waals surface area contributed by atoms with Crippen molar-refractivity contribution in [3.63, 3.8) is 0 Å². The molecule has 38 heavy (non-hydrogen) atoms. The van der Waals surface area contributed by atoms with Gasteiger partial charge in [0.05, 0.1) is 35.7 Å². The van der Waals surface area contributed by atoms with E-state index in [9.17, 15) is 19.7 Å². The Kier molecular flexibility index (Phi) is 10.5. The highest BCUT2D eigenvalue weighted by Crippen LogP contribution is 2.40. The highest BCUT2D eigenvalue weighted by Gasteiger charge is 2.38. The number of rotatable bonds is 12. The summed E-state index contributed by atoms with van der Waals surface area (Å²) in [5.41, 5.74) is 1.76. The van der Waals surface area contributed by atoms with Crippen molar-refractivity contribution in [3.05, 3.63) is 92.8 Å². The van der Waals surface area contributed by atoms with Gasteiger partial charge in [0.15, 0.2) is 0 Å². The van der Waals surface area contributed by atoms with Gasteiger partial charge in [0.25, 0.3) is 5.69 Å². The zero-order chi connectivity index (χ0) is 27.7. The molecule has 0 saturated heterocycles. The van der Waals surface area contributed by atoms with Crippen molar-refractivity contribution in [2.75, 3.05) is 39.6 Å². The molecule has 9 nitrogen and oxygen atoms in total. The van der Waals surface area contributed by atoms with Gasteiger partial charge in [-0.15, -0.1) is 11.8 Å². The fourth-order valence-corrected chi connectivity index (χ4v) is 5.31. The SMILES string of the molecule is COC(=O)C1=C(C)NC(C)=C(C(=O)OCCCN(C)CCSc2ccccc2)C1c1cccc([N+](=O)[O-])c1. The largest absolute Gasteiger partial charge is 0.466 e. The van der Waals surface area contributed by atoms with Crippen LogP contribution in [-0.2, 0) is 19.1 Å². The molecule has 0 fully saturated rings. The number of esters is 2. The van der Waals surface area contributed by atoms with Crippen molar-refractivity contribution in [3.8, 4) is 0 Å². The van der Waals surface area contributed by atoms with E-state index in [-0.39, 0.29) is 23.4 Å². The Hall–Kier alpha value is -3.63. The van der Waals surface area contributed by atoms with Crippen LogP contribution in [0.5, 0.6) is 0 Å². The third kappa shape index (κ3) is 7.45. The second-order valence-electron chi connectivity index (χ2n) is 8.93. The lowest BCUT2D eigenvalue weighted by Gasteiger charge is -2.30. The molecule has 202 valence electrons. The first kappa shape index (κ1) is 28.9. The maximum atomic E-state index is 13.3. The second kappa shape index (κ2) is 13.8. The molecule has 0 bridgehead atoms. The molecule has 1 unspecified atom stereocenters. The zero-order valence-corrected chi connectivity index (χ0v) is 22.9. The van der Waals surface area contributed by atoms with E-state index in [2.05, 4.69) is 22.3 Å². The fourth-order valence-electron chi connectivity index (χ4n) is 4.32. The number of non-ortho nitro benzene ring substituents is 1. The number of carbonyl (C=O) groups is 2. The van der Waals surface area contributed by atoms with E-state index in [0.717, 1.165) is 18.8 Å². The number of thioether (sulfide) groups is 1. The molecule has 1 aliphatic rings. The smallest absolute Gasteiger partial charge is 0.336 e. The molecule has 1 heterocycles. The molecule has 2 aromatic rings. The van der Waals surface area contributed by atoms with Crippen LogP contribution >= 0.6 is 11.8 Å². The van der Waals surface area contributed by atoms with Gasteiger partial charge in [0.1, 0.15) is 0 Å². The quantitative estimate of drug-likeness (QED) is 0.135. The normalized spacial score (nSPS) is 15.3. The van der Waals surface area contributed by atoms with Crippen molar-refractivity contribution >= 4 is 29.4 Å². The Morgan fingerprint density at radius 1 is 1.03 bits per heavy atom. The lowest BCUT2D eigenvalue weighted by atomic mass is 9.80. The zero-order valence-electron chi connectivity index (χ0n) is 22.1. The molecule has 1 N–H and O–H groups in total. The summed E-state index contributed by atoms with van der Waals surface area (Å²) >= 11 is 1.79. The molecule has 0 amide bonds. The number of carbonyl (C=O) groups excluding carboxylic acids is 2. The van der Waals surface area contributed by atoms with Crippen LogP contribution in [0.15, 0.2) is 82.0 Å². The third-order valence-corrected chi connectivity index (χ3v) is 7.19. The fraction of sp³-hybridized carbons (Fsp3) is 0.357. The van der Waals surface area contributed by atoms with Crippen LogP contribution < -0.4 is 5.32 Å². The lowest BCUT2D eigenvalue weighted by molar-refractivity contribution is -0.384. The molecule has 0 aromatic heterocycles. The summed E-state index contributed by atoms with van der Waals surface area (Å²) in [4.78, 5) is 40.3. The number of methoxy groups -OCH3 is 1. The number of nitro groups is 1. The Bertz CT molecular complexity index is 1230. The number of nitro benzene ring substituents is 1. The summed E-state index contributed by atoms with van der Waals surface area (Å²) in [6.45, 7) is 5.26. The van der Waals surface area contributed by atoms with Crippen LogP contribution in [0.3, 0.4) is 0 Å². The van der Waals surface area contributed by atoms with Crippen molar-refractivity contribution in [2.45, 2.75) is 31.1 Å². The molecule has 2 aromatic carbocycles. The van der Waals surface area contributed by atoms with E-state index < -0.39 is 22.8 Å². The van der Waals surface area contributed by atoms with Gasteiger partial charge in [-0.25, -0.2) is 9.59 Å². The minimum Gasteiger partial charge on any atom is -0.466 e. The summed E-state index contributed by atoms with van der Waals surface area (Å²) in [7, 11) is 3.28. The highest BCUT2D eigenvalue weighted by atomic mass is 32.2. The van der Waals surface area contributed by atoms with Crippen LogP contribution in [0.25, 0.3) is 0 Å². The predicted octanol–water partition coefficient (Wildman–Crippen LogP) is 4.66. The first-order valence-corrected chi connectivity index (χ1v) is 13.3. The Balaban J connectivity index is 1.66. The van der Waals surface area contributed by atoms with Gasteiger partial charge < -0.3 is 19.7 Å². The maximum Gasteiger partial charge on any atom is 0.336 e. The molecule has 0 spiro atoms. The highest BCUT2D eigenvalue weighted by molar-refractivity contribution is 7.99. The van der Waals surface area contributed by atoms with E-state index in [4.69, 9.17) is 9.47 Å². The number of benzene rings is 2. The minimum atomic E-state index is -0.867. The number of ether oxygens (including phenoxy) is 2. The summed E-state index contributed by atoms with van der Waals surface area (Å²) in [5, 5.41) is 14.5. The number of hydrogen-bond acceptors (Lipinski definition) is 9. The van der Waals surface area contributed by atoms with Crippen molar-refractivity contribution < 1.29 is 24.0 Å². The monoisotopic (exact) mass is 539 g/mol. The number of hydrogen-bond donors (Lipinski definition) is 1. The Morgan fingerprint density at radius 2 is 1.71 bits per heavy atom. The van der Waals surface area contributed by atoms with Crippen LogP contribution in [-0.4, -0.2) is 61.4 Å². The van der Waals surface area contributed by atoms with E-state index in [1.165, 1.54) is 30.2 Å². The maximum absolute atomic E-state index is 13.3. The molecule has 0 saturated carbocycles. The third-order valence-electron chi connectivity index (χ3n) is 6.20. The molecular weight excluding hydrogens is 506 g/mol. The second-order valence-corrected chi connectivity index (χ2v) is 10.1. The van der Waals surface area contributed by atoms with E-state index in [1.54, 1.807) is 31.7 Å². The van der Waals surface area contributed by atoms with Crippen LogP contribution in [0, 0.1) is 10.1 Å². The first-order chi connectivity index (χ1) is 18.2. The van der Waals surface area contributed by atoms with Gasteiger partial charge in [0.2, 0.25) is 0 Å². The minimum absolute atomic E-state index is 0.137. The van der Waals surface area contributed by atoms with Gasteiger partial charge in [-0.05, 0) is 45.0 Å². The topological polar surface area (TPSA) is 111 Å². The van der Waals surface area contributed by atoms with Crippen LogP contribution in [0.2, 0.25) is 0 Å².